The van der Waals surface area contributed by atoms with E-state index in [9.17, 15) is 14.7 Å². The van der Waals surface area contributed by atoms with Crippen LogP contribution in [0.5, 0.6) is 0 Å². The number of aryl methyl sites for hydroxylation is 1. The van der Waals surface area contributed by atoms with Gasteiger partial charge < -0.3 is 19.6 Å². The summed E-state index contributed by atoms with van der Waals surface area (Å²) in [6.45, 7) is 1.72. The Balaban J connectivity index is 2.28. The monoisotopic (exact) mass is 370 g/mol. The summed E-state index contributed by atoms with van der Waals surface area (Å²) in [6.07, 6.45) is 0. The molecule has 6 heteroatoms. The molecule has 0 fully saturated rings. The number of hydrogen-bond acceptors (Lipinski definition) is 4. The van der Waals surface area contributed by atoms with Crippen molar-refractivity contribution in [1.82, 2.24) is 0 Å². The highest BCUT2D eigenvalue weighted by atomic mass is 127. The number of furan rings is 1. The molecule has 0 saturated carbocycles. The topological polar surface area (TPSA) is 82.4 Å². The SMILES string of the molecule is Cc1ccc(C(=O)Nc2ccc(I)cc2C(=O)[O-])o1. The molecule has 0 bridgehead atoms. The lowest BCUT2D eigenvalue weighted by molar-refractivity contribution is -0.254. The molecule has 98 valence electrons. The number of carboxylic acid groups (broad SMARTS) is 1. The standard InChI is InChI=1S/C13H10INO4/c1-7-2-5-11(19-7)12(16)15-10-4-3-8(14)6-9(10)13(17)18/h2-6H,1H3,(H,15,16)(H,17,18)/p-1. The number of carbonyl (C=O) groups is 2. The normalized spacial score (nSPS) is 10.2. The molecule has 0 aliphatic rings. The number of amides is 1. The highest BCUT2D eigenvalue weighted by molar-refractivity contribution is 14.1. The van der Waals surface area contributed by atoms with Crippen molar-refractivity contribution in [2.75, 3.05) is 5.32 Å². The van der Waals surface area contributed by atoms with Gasteiger partial charge in [0.2, 0.25) is 0 Å². The van der Waals surface area contributed by atoms with Crippen LogP contribution in [0.1, 0.15) is 26.7 Å². The quantitative estimate of drug-likeness (QED) is 0.836. The third-order valence-corrected chi connectivity index (χ3v) is 3.08. The van der Waals surface area contributed by atoms with Crippen LogP contribution in [0.25, 0.3) is 0 Å². The van der Waals surface area contributed by atoms with Gasteiger partial charge in [0.25, 0.3) is 5.91 Å². The fourth-order valence-electron chi connectivity index (χ4n) is 1.53. The molecule has 0 unspecified atom stereocenters. The van der Waals surface area contributed by atoms with Gasteiger partial charge in [-0.05, 0) is 59.8 Å². The summed E-state index contributed by atoms with van der Waals surface area (Å²) in [7, 11) is 0. The smallest absolute Gasteiger partial charge is 0.291 e. The minimum absolute atomic E-state index is 0.0662. The van der Waals surface area contributed by atoms with Gasteiger partial charge in [0.05, 0.1) is 11.7 Å². The number of hydrogen-bond donors (Lipinski definition) is 1. The van der Waals surface area contributed by atoms with Gasteiger partial charge in [-0.1, -0.05) is 0 Å². The van der Waals surface area contributed by atoms with Crippen molar-refractivity contribution in [3.05, 3.63) is 51.0 Å². The number of carbonyl (C=O) groups excluding carboxylic acids is 2. The van der Waals surface area contributed by atoms with Crippen LogP contribution in [0.4, 0.5) is 5.69 Å². The molecule has 1 heterocycles. The molecule has 2 aromatic rings. The fraction of sp³-hybridized carbons (Fsp3) is 0.0769. The molecule has 19 heavy (non-hydrogen) atoms. The average molecular weight is 370 g/mol. The minimum atomic E-state index is -1.34. The molecule has 1 N–H and O–H groups in total. The summed E-state index contributed by atoms with van der Waals surface area (Å²) in [5.74, 6) is -1.12. The van der Waals surface area contributed by atoms with Crippen LogP contribution >= 0.6 is 22.6 Å². The number of nitrogens with one attached hydrogen (secondary N) is 1. The molecule has 5 nitrogen and oxygen atoms in total. The number of aromatic carboxylic acids is 1. The van der Waals surface area contributed by atoms with E-state index < -0.39 is 11.9 Å². The van der Waals surface area contributed by atoms with Crippen LogP contribution < -0.4 is 10.4 Å². The largest absolute Gasteiger partial charge is 0.545 e. The second kappa shape index (κ2) is 5.43. The van der Waals surface area contributed by atoms with Gasteiger partial charge >= 0.3 is 0 Å². The number of carboxylic acids is 1. The van der Waals surface area contributed by atoms with Crippen LogP contribution in [-0.2, 0) is 0 Å². The summed E-state index contributed by atoms with van der Waals surface area (Å²) < 4.78 is 5.90. The van der Waals surface area contributed by atoms with Crippen molar-refractivity contribution < 1.29 is 19.1 Å². The summed E-state index contributed by atoms with van der Waals surface area (Å²) in [5, 5.41) is 13.5. The van der Waals surface area contributed by atoms with Crippen LogP contribution in [0, 0.1) is 10.5 Å². The zero-order chi connectivity index (χ0) is 14.0. The lowest BCUT2D eigenvalue weighted by atomic mass is 10.2. The highest BCUT2D eigenvalue weighted by Crippen LogP contribution is 2.19. The van der Waals surface area contributed by atoms with E-state index in [0.717, 1.165) is 3.57 Å². The zero-order valence-electron chi connectivity index (χ0n) is 9.90. The van der Waals surface area contributed by atoms with Gasteiger partial charge in [-0.3, -0.25) is 4.79 Å². The van der Waals surface area contributed by atoms with Gasteiger partial charge in [-0.2, -0.15) is 0 Å². The molecular weight excluding hydrogens is 361 g/mol. The van der Waals surface area contributed by atoms with E-state index in [1.165, 1.54) is 18.2 Å². The maximum Gasteiger partial charge on any atom is 0.291 e. The van der Waals surface area contributed by atoms with E-state index >= 15 is 0 Å². The van der Waals surface area contributed by atoms with Gasteiger partial charge in [0.15, 0.2) is 5.76 Å². The Kier molecular flexibility index (Phi) is 3.89. The molecule has 2 rings (SSSR count). The second-order valence-electron chi connectivity index (χ2n) is 3.84. The first-order valence-electron chi connectivity index (χ1n) is 5.36. The predicted octanol–water partition coefficient (Wildman–Crippen LogP) is 1.81. The molecule has 0 aliphatic heterocycles. The maximum atomic E-state index is 11.9. The van der Waals surface area contributed by atoms with Gasteiger partial charge in [0, 0.05) is 9.13 Å². The molecule has 0 atom stereocenters. The molecule has 1 aromatic heterocycles. The first-order valence-corrected chi connectivity index (χ1v) is 6.44. The van der Waals surface area contributed by atoms with E-state index in [1.54, 1.807) is 19.1 Å². The summed E-state index contributed by atoms with van der Waals surface area (Å²) in [5.41, 5.74) is 0.114. The van der Waals surface area contributed by atoms with Crippen LogP contribution in [0.3, 0.4) is 0 Å². The molecule has 0 radical (unpaired) electrons. The third-order valence-electron chi connectivity index (χ3n) is 2.41. The molecule has 0 spiro atoms. The van der Waals surface area contributed by atoms with Crippen LogP contribution in [0.15, 0.2) is 34.7 Å². The Bertz CT molecular complexity index is 648. The maximum absolute atomic E-state index is 11.9. The van der Waals surface area contributed by atoms with Gasteiger partial charge in [-0.15, -0.1) is 0 Å². The van der Waals surface area contributed by atoms with Crippen molar-refractivity contribution in [3.63, 3.8) is 0 Å². The first kappa shape index (κ1) is 13.6. The van der Waals surface area contributed by atoms with Crippen molar-refractivity contribution in [1.29, 1.82) is 0 Å². The number of rotatable bonds is 3. The molecular formula is C13H9INO4-. The van der Waals surface area contributed by atoms with Crippen LogP contribution in [-0.4, -0.2) is 11.9 Å². The lowest BCUT2D eigenvalue weighted by Gasteiger charge is -2.11. The highest BCUT2D eigenvalue weighted by Gasteiger charge is 2.13. The minimum Gasteiger partial charge on any atom is -0.545 e. The number of benzene rings is 1. The summed E-state index contributed by atoms with van der Waals surface area (Å²) >= 11 is 1.98. The Labute approximate surface area is 122 Å². The van der Waals surface area contributed by atoms with E-state index in [1.807, 2.05) is 22.6 Å². The molecule has 0 aliphatic carbocycles. The molecule has 0 saturated heterocycles. The first-order chi connectivity index (χ1) is 8.97. The number of halogens is 1. The molecule has 1 aromatic carbocycles. The Morgan fingerprint density at radius 2 is 2.00 bits per heavy atom. The summed E-state index contributed by atoms with van der Waals surface area (Å²) in [4.78, 5) is 22.9. The average Bonchev–Trinajstić information content (AvgIpc) is 2.78. The molecule has 1 amide bonds. The van der Waals surface area contributed by atoms with Crippen LogP contribution in [0.2, 0.25) is 0 Å². The van der Waals surface area contributed by atoms with Crippen molar-refractivity contribution in [2.45, 2.75) is 6.92 Å². The predicted molar refractivity (Wildman–Crippen MR) is 74.9 cm³/mol. The Morgan fingerprint density at radius 1 is 1.26 bits per heavy atom. The van der Waals surface area contributed by atoms with Crippen molar-refractivity contribution in [3.8, 4) is 0 Å². The van der Waals surface area contributed by atoms with Gasteiger partial charge in [0.1, 0.15) is 5.76 Å². The fourth-order valence-corrected chi connectivity index (χ4v) is 2.03. The lowest BCUT2D eigenvalue weighted by Crippen LogP contribution is -2.25. The zero-order valence-corrected chi connectivity index (χ0v) is 12.1. The number of anilines is 1. The van der Waals surface area contributed by atoms with E-state index in [-0.39, 0.29) is 17.0 Å². The van der Waals surface area contributed by atoms with E-state index in [0.29, 0.717) is 5.76 Å². The Hall–Kier alpha value is -1.83. The Morgan fingerprint density at radius 3 is 2.58 bits per heavy atom. The third kappa shape index (κ3) is 3.14. The van der Waals surface area contributed by atoms with E-state index in [2.05, 4.69) is 5.32 Å². The van der Waals surface area contributed by atoms with Crippen molar-refractivity contribution in [2.24, 2.45) is 0 Å². The summed E-state index contributed by atoms with van der Waals surface area (Å²) in [6, 6.07) is 7.81. The second-order valence-corrected chi connectivity index (χ2v) is 5.09. The van der Waals surface area contributed by atoms with Crippen molar-refractivity contribution >= 4 is 40.2 Å². The van der Waals surface area contributed by atoms with E-state index in [4.69, 9.17) is 4.42 Å². The van der Waals surface area contributed by atoms with Gasteiger partial charge in [-0.25, -0.2) is 0 Å².